The summed E-state index contributed by atoms with van der Waals surface area (Å²) in [4.78, 5) is 27.3. The van der Waals surface area contributed by atoms with Crippen molar-refractivity contribution in [3.05, 3.63) is 41.6 Å². The zero-order valence-corrected chi connectivity index (χ0v) is 16.5. The van der Waals surface area contributed by atoms with E-state index < -0.39 is 23.5 Å². The van der Waals surface area contributed by atoms with Crippen molar-refractivity contribution in [2.24, 2.45) is 0 Å². The van der Waals surface area contributed by atoms with Gasteiger partial charge < -0.3 is 15.1 Å². The molecule has 1 N–H and O–H groups in total. The second-order valence-corrected chi connectivity index (χ2v) is 6.53. The maximum Gasteiger partial charge on any atom is 0.419 e. The van der Waals surface area contributed by atoms with Crippen LogP contribution in [-0.2, 0) is 6.18 Å². The van der Waals surface area contributed by atoms with Gasteiger partial charge in [-0.3, -0.25) is 4.79 Å². The summed E-state index contributed by atoms with van der Waals surface area (Å²) in [6, 6.07) is 0.753. The molecule has 2 aromatic heterocycles. The van der Waals surface area contributed by atoms with Crippen molar-refractivity contribution in [2.75, 3.05) is 37.4 Å². The minimum Gasteiger partial charge on any atom is -0.362 e. The molecule has 0 aromatic carbocycles. The van der Waals surface area contributed by atoms with Crippen molar-refractivity contribution in [3.8, 4) is 0 Å². The molecule has 2 heterocycles. The molecule has 0 fully saturated rings. The Morgan fingerprint density at radius 1 is 1.17 bits per heavy atom. The van der Waals surface area contributed by atoms with Gasteiger partial charge in [0, 0.05) is 45.6 Å². The predicted octanol–water partition coefficient (Wildman–Crippen LogP) is 3.06. The van der Waals surface area contributed by atoms with E-state index in [4.69, 9.17) is 0 Å². The van der Waals surface area contributed by atoms with E-state index in [1.54, 1.807) is 32.8 Å². The third-order valence-corrected chi connectivity index (χ3v) is 4.16. The lowest BCUT2D eigenvalue weighted by Crippen LogP contribution is -2.43. The van der Waals surface area contributed by atoms with Crippen LogP contribution in [0.1, 0.15) is 29.8 Å². The van der Waals surface area contributed by atoms with Crippen LogP contribution in [-0.4, -0.2) is 59.0 Å². The van der Waals surface area contributed by atoms with E-state index in [-0.39, 0.29) is 24.1 Å². The van der Waals surface area contributed by atoms with Crippen LogP contribution >= 0.6 is 0 Å². The largest absolute Gasteiger partial charge is 0.419 e. The Balaban J connectivity index is 2.12. The van der Waals surface area contributed by atoms with Gasteiger partial charge in [0.25, 0.3) is 5.91 Å². The van der Waals surface area contributed by atoms with Gasteiger partial charge in [-0.05, 0) is 19.9 Å². The molecule has 0 radical (unpaired) electrons. The van der Waals surface area contributed by atoms with Crippen molar-refractivity contribution >= 4 is 17.7 Å². The molecule has 0 aliphatic carbocycles. The SMILES string of the molecule is CCN(C(=O)c1cc(F)cnc1N(C)C)C(C)CNc1ncc(C(F)(F)F)cn1. The molecule has 1 atom stereocenters. The quantitative estimate of drug-likeness (QED) is 0.702. The third-order valence-electron chi connectivity index (χ3n) is 4.16. The fraction of sp³-hybridized carbons (Fsp3) is 0.444. The molecule has 2 aromatic rings. The third kappa shape index (κ3) is 5.52. The highest BCUT2D eigenvalue weighted by Crippen LogP contribution is 2.28. The van der Waals surface area contributed by atoms with Crippen LogP contribution in [0.25, 0.3) is 0 Å². The molecule has 1 unspecified atom stereocenters. The second kappa shape index (κ2) is 9.01. The van der Waals surface area contributed by atoms with E-state index in [1.807, 2.05) is 0 Å². The number of alkyl halides is 3. The Hall–Kier alpha value is -2.98. The van der Waals surface area contributed by atoms with E-state index in [2.05, 4.69) is 20.3 Å². The van der Waals surface area contributed by atoms with Gasteiger partial charge in [0.15, 0.2) is 0 Å². The van der Waals surface area contributed by atoms with Crippen LogP contribution in [0.4, 0.5) is 29.3 Å². The normalized spacial score (nSPS) is 12.4. The molecule has 7 nitrogen and oxygen atoms in total. The van der Waals surface area contributed by atoms with Gasteiger partial charge >= 0.3 is 6.18 Å². The van der Waals surface area contributed by atoms with E-state index >= 15 is 0 Å². The average molecular weight is 414 g/mol. The lowest BCUT2D eigenvalue weighted by Gasteiger charge is -2.29. The van der Waals surface area contributed by atoms with Crippen molar-refractivity contribution in [1.82, 2.24) is 19.9 Å². The first-order valence-corrected chi connectivity index (χ1v) is 8.81. The van der Waals surface area contributed by atoms with E-state index in [0.29, 0.717) is 24.8 Å². The summed E-state index contributed by atoms with van der Waals surface area (Å²) in [6.07, 6.45) is -2.11. The monoisotopic (exact) mass is 414 g/mol. The van der Waals surface area contributed by atoms with Crippen LogP contribution in [0.15, 0.2) is 24.7 Å². The number of rotatable bonds is 7. The minimum atomic E-state index is -4.51. The number of nitrogens with zero attached hydrogens (tertiary/aromatic N) is 5. The van der Waals surface area contributed by atoms with Crippen LogP contribution in [0.2, 0.25) is 0 Å². The van der Waals surface area contributed by atoms with Crippen LogP contribution in [0.3, 0.4) is 0 Å². The Morgan fingerprint density at radius 2 is 1.79 bits per heavy atom. The van der Waals surface area contributed by atoms with Gasteiger partial charge in [-0.15, -0.1) is 0 Å². The number of likely N-dealkylation sites (N-methyl/N-ethyl adjacent to an activating group) is 1. The van der Waals surface area contributed by atoms with Crippen molar-refractivity contribution in [1.29, 1.82) is 0 Å². The topological polar surface area (TPSA) is 74.2 Å². The zero-order chi connectivity index (χ0) is 21.8. The summed E-state index contributed by atoms with van der Waals surface area (Å²) in [5.41, 5.74) is -0.828. The summed E-state index contributed by atoms with van der Waals surface area (Å²) in [7, 11) is 3.39. The summed E-state index contributed by atoms with van der Waals surface area (Å²) in [5.74, 6) is -0.694. The van der Waals surface area contributed by atoms with E-state index in [9.17, 15) is 22.4 Å². The van der Waals surface area contributed by atoms with Gasteiger partial charge in [-0.1, -0.05) is 0 Å². The molecule has 11 heteroatoms. The average Bonchev–Trinajstić information content (AvgIpc) is 2.66. The van der Waals surface area contributed by atoms with Crippen molar-refractivity contribution < 1.29 is 22.4 Å². The molecule has 0 saturated carbocycles. The lowest BCUT2D eigenvalue weighted by molar-refractivity contribution is -0.138. The fourth-order valence-electron chi connectivity index (χ4n) is 2.67. The standard InChI is InChI=1S/C18H22F4N6O/c1-5-28(16(29)14-6-13(19)10-23-15(14)27(3)4)11(2)7-24-17-25-8-12(9-26-17)18(20,21)22/h6,8-11H,5,7H2,1-4H3,(H,24,25,26). The van der Waals surface area contributed by atoms with Gasteiger partial charge in [0.1, 0.15) is 11.6 Å². The number of nitrogens with one attached hydrogen (secondary N) is 1. The first-order chi connectivity index (χ1) is 13.5. The molecule has 1 amide bonds. The lowest BCUT2D eigenvalue weighted by atomic mass is 10.1. The van der Waals surface area contributed by atoms with Gasteiger partial charge in [-0.2, -0.15) is 13.2 Å². The molecule has 2 rings (SSSR count). The molecular weight excluding hydrogens is 392 g/mol. The van der Waals surface area contributed by atoms with Crippen LogP contribution < -0.4 is 10.2 Å². The number of hydrogen-bond acceptors (Lipinski definition) is 6. The maximum atomic E-state index is 13.7. The van der Waals surface area contributed by atoms with Crippen molar-refractivity contribution in [3.63, 3.8) is 0 Å². The molecule has 0 aliphatic heterocycles. The van der Waals surface area contributed by atoms with E-state index in [1.165, 1.54) is 4.90 Å². The fourth-order valence-corrected chi connectivity index (χ4v) is 2.67. The summed E-state index contributed by atoms with van der Waals surface area (Å²) in [6.45, 7) is 4.04. The number of halogens is 4. The Morgan fingerprint density at radius 3 is 2.31 bits per heavy atom. The summed E-state index contributed by atoms with van der Waals surface area (Å²) in [5, 5.41) is 2.81. The Labute approximate surface area is 165 Å². The maximum absolute atomic E-state index is 13.7. The number of pyridine rings is 1. The zero-order valence-electron chi connectivity index (χ0n) is 16.5. The number of amides is 1. The molecule has 0 aliphatic rings. The van der Waals surface area contributed by atoms with Crippen LogP contribution in [0, 0.1) is 5.82 Å². The first kappa shape index (κ1) is 22.3. The highest BCUT2D eigenvalue weighted by Gasteiger charge is 2.31. The molecule has 29 heavy (non-hydrogen) atoms. The van der Waals surface area contributed by atoms with Gasteiger partial charge in [-0.25, -0.2) is 19.3 Å². The minimum absolute atomic E-state index is 0.00903. The number of anilines is 2. The molecule has 0 saturated heterocycles. The van der Waals surface area contributed by atoms with Gasteiger partial charge in [0.05, 0.1) is 17.3 Å². The number of carbonyl (C=O) groups is 1. The molecular formula is C18H22F4N6O. The summed E-state index contributed by atoms with van der Waals surface area (Å²) >= 11 is 0. The Bertz CT molecular complexity index is 841. The summed E-state index contributed by atoms with van der Waals surface area (Å²) < 4.78 is 51.4. The number of hydrogen-bond donors (Lipinski definition) is 1. The highest BCUT2D eigenvalue weighted by molar-refractivity contribution is 5.99. The molecule has 158 valence electrons. The predicted molar refractivity (Wildman–Crippen MR) is 100 cm³/mol. The second-order valence-electron chi connectivity index (χ2n) is 6.53. The Kier molecular flexibility index (Phi) is 6.93. The molecule has 0 bridgehead atoms. The smallest absolute Gasteiger partial charge is 0.362 e. The molecule has 0 spiro atoms. The highest BCUT2D eigenvalue weighted by atomic mass is 19.4. The van der Waals surface area contributed by atoms with E-state index in [0.717, 1.165) is 12.3 Å². The van der Waals surface area contributed by atoms with Crippen LogP contribution in [0.5, 0.6) is 0 Å². The van der Waals surface area contributed by atoms with Gasteiger partial charge in [0.2, 0.25) is 5.95 Å². The first-order valence-electron chi connectivity index (χ1n) is 8.81. The number of carbonyl (C=O) groups excluding carboxylic acids is 1. The number of aromatic nitrogens is 3. The van der Waals surface area contributed by atoms with Crippen molar-refractivity contribution in [2.45, 2.75) is 26.1 Å².